The predicted octanol–water partition coefficient (Wildman–Crippen LogP) is 4.45. The molecule has 1 aromatic carbocycles. The molecule has 0 atom stereocenters. The molecule has 0 amide bonds. The fraction of sp³-hybridized carbons (Fsp3) is 0.200. The Labute approximate surface area is 134 Å². The van der Waals surface area contributed by atoms with Crippen LogP contribution in [0.2, 0.25) is 10.0 Å². The van der Waals surface area contributed by atoms with E-state index in [1.807, 2.05) is 0 Å². The second kappa shape index (κ2) is 4.83. The first-order chi connectivity index (χ1) is 10.1. The lowest BCUT2D eigenvalue weighted by Crippen LogP contribution is -2.09. The highest BCUT2D eigenvalue weighted by atomic mass is 35.5. The van der Waals surface area contributed by atoms with Crippen molar-refractivity contribution in [2.75, 3.05) is 0 Å². The van der Waals surface area contributed by atoms with E-state index in [0.717, 1.165) is 35.0 Å². The van der Waals surface area contributed by atoms with E-state index >= 15 is 0 Å². The van der Waals surface area contributed by atoms with Crippen molar-refractivity contribution in [1.82, 2.24) is 9.97 Å². The lowest BCUT2D eigenvalue weighted by atomic mass is 10.2. The van der Waals surface area contributed by atoms with Gasteiger partial charge in [-0.05, 0) is 43.0 Å². The number of halogens is 2. The highest BCUT2D eigenvalue weighted by Crippen LogP contribution is 2.35. The predicted molar refractivity (Wildman–Crippen MR) is 87.7 cm³/mol. The summed E-state index contributed by atoms with van der Waals surface area (Å²) in [7, 11) is 0. The van der Waals surface area contributed by atoms with E-state index in [4.69, 9.17) is 23.2 Å². The largest absolute Gasteiger partial charge is 0.306 e. The minimum absolute atomic E-state index is 0.0690. The van der Waals surface area contributed by atoms with Gasteiger partial charge in [-0.25, -0.2) is 4.98 Å². The molecular weight excluding hydrogens is 327 g/mol. The molecule has 106 valence electrons. The Hall–Kier alpha value is -1.36. The highest BCUT2D eigenvalue weighted by molar-refractivity contribution is 7.18. The van der Waals surface area contributed by atoms with Crippen molar-refractivity contribution in [1.29, 1.82) is 0 Å². The van der Waals surface area contributed by atoms with E-state index in [0.29, 0.717) is 15.9 Å². The summed E-state index contributed by atoms with van der Waals surface area (Å²) in [6.45, 7) is 0. The summed E-state index contributed by atoms with van der Waals surface area (Å²) in [5.41, 5.74) is 1.88. The molecule has 1 aliphatic rings. The smallest absolute Gasteiger partial charge is 0.260 e. The summed E-state index contributed by atoms with van der Waals surface area (Å²) in [6, 6.07) is 5.23. The summed E-state index contributed by atoms with van der Waals surface area (Å²) < 4.78 is 0. The van der Waals surface area contributed by atoms with Gasteiger partial charge in [0, 0.05) is 10.4 Å². The van der Waals surface area contributed by atoms with Crippen LogP contribution in [0.25, 0.3) is 21.6 Å². The molecule has 1 N–H and O–H groups in total. The van der Waals surface area contributed by atoms with E-state index in [1.165, 1.54) is 10.4 Å². The molecule has 21 heavy (non-hydrogen) atoms. The van der Waals surface area contributed by atoms with Crippen molar-refractivity contribution < 1.29 is 0 Å². The maximum Gasteiger partial charge on any atom is 0.260 e. The Bertz CT molecular complexity index is 929. The molecule has 0 radical (unpaired) electrons. The third-order valence-electron chi connectivity index (χ3n) is 3.77. The molecule has 0 bridgehead atoms. The first-order valence-electron chi connectivity index (χ1n) is 6.63. The molecular formula is C15H10Cl2N2OS. The molecule has 0 saturated heterocycles. The van der Waals surface area contributed by atoms with Crippen LogP contribution >= 0.6 is 34.5 Å². The van der Waals surface area contributed by atoms with Crippen LogP contribution in [-0.2, 0) is 12.8 Å². The number of hydrogen-bond donors (Lipinski definition) is 1. The van der Waals surface area contributed by atoms with E-state index < -0.39 is 0 Å². The van der Waals surface area contributed by atoms with Gasteiger partial charge in [-0.1, -0.05) is 23.2 Å². The van der Waals surface area contributed by atoms with Crippen LogP contribution in [-0.4, -0.2) is 9.97 Å². The summed E-state index contributed by atoms with van der Waals surface area (Å²) in [6.07, 6.45) is 3.16. The van der Waals surface area contributed by atoms with Crippen molar-refractivity contribution in [2.24, 2.45) is 0 Å². The molecule has 0 unspecified atom stereocenters. The summed E-state index contributed by atoms with van der Waals surface area (Å²) >= 11 is 13.6. The maximum atomic E-state index is 12.4. The molecule has 0 spiro atoms. The van der Waals surface area contributed by atoms with Crippen LogP contribution in [0, 0.1) is 0 Å². The van der Waals surface area contributed by atoms with Crippen molar-refractivity contribution >= 4 is 44.8 Å². The number of thiophene rings is 1. The molecule has 0 fully saturated rings. The Morgan fingerprint density at radius 1 is 1.19 bits per heavy atom. The number of nitrogens with one attached hydrogen (secondary N) is 1. The van der Waals surface area contributed by atoms with Gasteiger partial charge in [-0.3, -0.25) is 4.79 Å². The normalized spacial score (nSPS) is 13.8. The average Bonchev–Trinajstić information content (AvgIpc) is 3.01. The van der Waals surface area contributed by atoms with Crippen LogP contribution in [0.3, 0.4) is 0 Å². The quantitative estimate of drug-likeness (QED) is 0.713. The minimum atomic E-state index is -0.0690. The van der Waals surface area contributed by atoms with Crippen LogP contribution in [0.4, 0.5) is 0 Å². The number of aromatic nitrogens is 2. The second-order valence-corrected chi connectivity index (χ2v) is 6.98. The van der Waals surface area contributed by atoms with Gasteiger partial charge in [0.1, 0.15) is 10.7 Å². The number of benzene rings is 1. The first-order valence-corrected chi connectivity index (χ1v) is 8.21. The number of nitrogens with zero attached hydrogens (tertiary/aromatic N) is 1. The summed E-state index contributed by atoms with van der Waals surface area (Å²) in [5, 5.41) is 1.70. The highest BCUT2D eigenvalue weighted by Gasteiger charge is 2.21. The Morgan fingerprint density at radius 2 is 2.05 bits per heavy atom. The van der Waals surface area contributed by atoms with Crippen molar-refractivity contribution in [3.05, 3.63) is 49.0 Å². The minimum Gasteiger partial charge on any atom is -0.306 e. The van der Waals surface area contributed by atoms with Gasteiger partial charge < -0.3 is 4.98 Å². The van der Waals surface area contributed by atoms with E-state index in [9.17, 15) is 4.79 Å². The van der Waals surface area contributed by atoms with Gasteiger partial charge in [0.2, 0.25) is 0 Å². The van der Waals surface area contributed by atoms with Crippen molar-refractivity contribution in [3.8, 4) is 11.4 Å². The lowest BCUT2D eigenvalue weighted by molar-refractivity contribution is 0.916. The van der Waals surface area contributed by atoms with Gasteiger partial charge >= 0.3 is 0 Å². The zero-order valence-electron chi connectivity index (χ0n) is 10.9. The van der Waals surface area contributed by atoms with Gasteiger partial charge in [-0.2, -0.15) is 0 Å². The van der Waals surface area contributed by atoms with E-state index in [1.54, 1.807) is 29.5 Å². The number of H-pyrrole nitrogens is 1. The number of aromatic amines is 1. The third-order valence-corrected chi connectivity index (χ3v) is 5.69. The number of hydrogen-bond acceptors (Lipinski definition) is 3. The van der Waals surface area contributed by atoms with Gasteiger partial charge in [0.15, 0.2) is 0 Å². The van der Waals surface area contributed by atoms with Gasteiger partial charge in [-0.15, -0.1) is 11.3 Å². The van der Waals surface area contributed by atoms with Crippen LogP contribution in [0.1, 0.15) is 16.9 Å². The van der Waals surface area contributed by atoms with Crippen LogP contribution in [0.15, 0.2) is 23.0 Å². The van der Waals surface area contributed by atoms with Gasteiger partial charge in [0.05, 0.1) is 15.4 Å². The molecule has 4 rings (SSSR count). The van der Waals surface area contributed by atoms with Gasteiger partial charge in [0.25, 0.3) is 5.56 Å². The molecule has 6 heteroatoms. The summed E-state index contributed by atoms with van der Waals surface area (Å²) in [4.78, 5) is 22.0. The first kappa shape index (κ1) is 13.3. The summed E-state index contributed by atoms with van der Waals surface area (Å²) in [5.74, 6) is 0.533. The fourth-order valence-electron chi connectivity index (χ4n) is 2.78. The molecule has 0 saturated carbocycles. The Morgan fingerprint density at radius 3 is 2.86 bits per heavy atom. The number of fused-ring (bicyclic) bond motifs is 3. The number of rotatable bonds is 1. The monoisotopic (exact) mass is 336 g/mol. The zero-order valence-corrected chi connectivity index (χ0v) is 13.2. The van der Waals surface area contributed by atoms with Crippen LogP contribution in [0.5, 0.6) is 0 Å². The maximum absolute atomic E-state index is 12.4. The number of aryl methyl sites for hydroxylation is 2. The zero-order chi connectivity index (χ0) is 14.6. The Kier molecular flexibility index (Phi) is 3.06. The second-order valence-electron chi connectivity index (χ2n) is 5.08. The van der Waals surface area contributed by atoms with Crippen LogP contribution < -0.4 is 5.56 Å². The SMILES string of the molecule is O=c1[nH]c(-c2ccc(Cl)c(Cl)c2)nc2sc3c(c12)CCC3. The third kappa shape index (κ3) is 2.09. The van der Waals surface area contributed by atoms with E-state index in [2.05, 4.69) is 9.97 Å². The Balaban J connectivity index is 1.95. The van der Waals surface area contributed by atoms with Crippen molar-refractivity contribution in [3.63, 3.8) is 0 Å². The molecule has 0 aliphatic heterocycles. The molecule has 3 aromatic rings. The van der Waals surface area contributed by atoms with E-state index in [-0.39, 0.29) is 5.56 Å². The molecule has 2 heterocycles. The standard InChI is InChI=1S/C15H10Cl2N2OS/c16-9-5-4-7(6-10(9)17)13-18-14(20)12-8-2-1-3-11(8)21-15(12)19-13/h4-6H,1-3H2,(H,18,19,20). The fourth-order valence-corrected chi connectivity index (χ4v) is 4.34. The molecule has 1 aliphatic carbocycles. The molecule has 3 nitrogen and oxygen atoms in total. The lowest BCUT2D eigenvalue weighted by Gasteiger charge is -2.03. The topological polar surface area (TPSA) is 45.8 Å². The van der Waals surface area contributed by atoms with Crippen molar-refractivity contribution in [2.45, 2.75) is 19.3 Å². The molecule has 2 aromatic heterocycles. The average molecular weight is 337 g/mol.